The molecule has 12 heavy (non-hydrogen) atoms. The van der Waals surface area contributed by atoms with Crippen LogP contribution in [-0.2, 0) is 0 Å². The second kappa shape index (κ2) is 5.86. The Morgan fingerprint density at radius 1 is 1.17 bits per heavy atom. The molecule has 0 spiro atoms. The van der Waals surface area contributed by atoms with Crippen LogP contribution in [0.3, 0.4) is 0 Å². The maximum Gasteiger partial charge on any atom is 0.409 e. The second-order valence-electron chi connectivity index (χ2n) is 2.47. The third-order valence-corrected chi connectivity index (χ3v) is 1.26. The average molecular weight is 178 g/mol. The number of unbranched alkanes of at least 4 members (excludes halogenated alkanes) is 2. The summed E-state index contributed by atoms with van der Waals surface area (Å²) in [6.45, 7) is 2.04. The fraction of sp³-hybridized carbons (Fsp3) is 0.556. The van der Waals surface area contributed by atoms with Gasteiger partial charge in [-0.15, -0.1) is 0 Å². The lowest BCUT2D eigenvalue weighted by molar-refractivity contribution is -0.0798. The number of rotatable bonds is 4. The third kappa shape index (κ3) is 9.27. The largest absolute Gasteiger partial charge is 0.409 e. The summed E-state index contributed by atoms with van der Waals surface area (Å²) in [6, 6.07) is 0. The van der Waals surface area contributed by atoms with E-state index in [4.69, 9.17) is 0 Å². The minimum Gasteiger partial charge on any atom is -0.167 e. The molecule has 0 aromatic carbocycles. The first-order valence-electron chi connectivity index (χ1n) is 3.97. The van der Waals surface area contributed by atoms with Crippen molar-refractivity contribution in [3.63, 3.8) is 0 Å². The molecular formula is C9H13F3. The van der Waals surface area contributed by atoms with Crippen molar-refractivity contribution in [2.75, 3.05) is 0 Å². The maximum absolute atomic E-state index is 11.5. The van der Waals surface area contributed by atoms with Gasteiger partial charge >= 0.3 is 6.18 Å². The molecule has 70 valence electrons. The van der Waals surface area contributed by atoms with Gasteiger partial charge in [0.1, 0.15) is 0 Å². The van der Waals surface area contributed by atoms with Crippen molar-refractivity contribution in [2.24, 2.45) is 0 Å². The first-order valence-corrected chi connectivity index (χ1v) is 3.97. The molecule has 0 unspecified atom stereocenters. The van der Waals surface area contributed by atoms with Crippen molar-refractivity contribution in [1.82, 2.24) is 0 Å². The molecule has 0 nitrogen and oxygen atoms in total. The van der Waals surface area contributed by atoms with E-state index in [-0.39, 0.29) is 6.08 Å². The average Bonchev–Trinajstić information content (AvgIpc) is 1.94. The van der Waals surface area contributed by atoms with E-state index in [1.165, 1.54) is 6.08 Å². The lowest BCUT2D eigenvalue weighted by Gasteiger charge is -1.94. The van der Waals surface area contributed by atoms with Crippen LogP contribution in [0.25, 0.3) is 0 Å². The fourth-order valence-electron chi connectivity index (χ4n) is 0.661. The molecule has 0 heterocycles. The van der Waals surface area contributed by atoms with Gasteiger partial charge in [0.15, 0.2) is 0 Å². The Balaban J connectivity index is 3.53. The second-order valence-corrected chi connectivity index (χ2v) is 2.47. The highest BCUT2D eigenvalue weighted by molar-refractivity contribution is 5.04. The number of hydrogen-bond donors (Lipinski definition) is 0. The van der Waals surface area contributed by atoms with Crippen molar-refractivity contribution in [3.05, 3.63) is 24.3 Å². The Morgan fingerprint density at radius 2 is 1.83 bits per heavy atom. The molecule has 0 aromatic rings. The minimum absolute atomic E-state index is 0.232. The normalized spacial score (nSPS) is 13.3. The number of alkyl halides is 3. The Morgan fingerprint density at radius 3 is 2.33 bits per heavy atom. The lowest BCUT2D eigenvalue weighted by Crippen LogP contribution is -1.99. The topological polar surface area (TPSA) is 0 Å². The van der Waals surface area contributed by atoms with Crippen LogP contribution in [0, 0.1) is 0 Å². The first kappa shape index (κ1) is 11.3. The van der Waals surface area contributed by atoms with Crippen molar-refractivity contribution in [3.8, 4) is 0 Å². The van der Waals surface area contributed by atoms with Crippen LogP contribution in [0.1, 0.15) is 26.2 Å². The van der Waals surface area contributed by atoms with E-state index >= 15 is 0 Å². The van der Waals surface area contributed by atoms with Crippen LogP contribution in [0.15, 0.2) is 24.3 Å². The summed E-state index contributed by atoms with van der Waals surface area (Å²) >= 11 is 0. The zero-order chi connectivity index (χ0) is 9.45. The van der Waals surface area contributed by atoms with E-state index in [9.17, 15) is 13.2 Å². The van der Waals surface area contributed by atoms with Gasteiger partial charge in [-0.25, -0.2) is 0 Å². The highest BCUT2D eigenvalue weighted by Crippen LogP contribution is 2.15. The quantitative estimate of drug-likeness (QED) is 0.453. The number of allylic oxidation sites excluding steroid dienone is 4. The van der Waals surface area contributed by atoms with Gasteiger partial charge in [-0.05, 0) is 6.42 Å². The molecule has 0 radical (unpaired) electrons. The van der Waals surface area contributed by atoms with Crippen molar-refractivity contribution in [1.29, 1.82) is 0 Å². The van der Waals surface area contributed by atoms with Crippen LogP contribution >= 0.6 is 0 Å². The van der Waals surface area contributed by atoms with Gasteiger partial charge < -0.3 is 0 Å². The molecule has 0 saturated heterocycles. The SMILES string of the molecule is CCCCC=CC=CC(F)(F)F. The van der Waals surface area contributed by atoms with Gasteiger partial charge in [0.2, 0.25) is 0 Å². The fourth-order valence-corrected chi connectivity index (χ4v) is 0.661. The molecular weight excluding hydrogens is 165 g/mol. The molecule has 0 bridgehead atoms. The van der Waals surface area contributed by atoms with Crippen molar-refractivity contribution < 1.29 is 13.2 Å². The Kier molecular flexibility index (Phi) is 5.51. The van der Waals surface area contributed by atoms with Gasteiger partial charge in [-0.3, -0.25) is 0 Å². The zero-order valence-electron chi connectivity index (χ0n) is 7.06. The first-order chi connectivity index (χ1) is 5.56. The highest BCUT2D eigenvalue weighted by Gasteiger charge is 2.20. The standard InChI is InChI=1S/C9H13F3/c1-2-3-4-5-6-7-8-9(10,11)12/h5-8H,2-4H2,1H3. The monoisotopic (exact) mass is 178 g/mol. The number of halogens is 3. The summed E-state index contributed by atoms with van der Waals surface area (Å²) in [5.41, 5.74) is 0. The van der Waals surface area contributed by atoms with Crippen LogP contribution < -0.4 is 0 Å². The van der Waals surface area contributed by atoms with E-state index in [1.54, 1.807) is 6.08 Å². The summed E-state index contributed by atoms with van der Waals surface area (Å²) in [6.07, 6.45) is 3.18. The van der Waals surface area contributed by atoms with Gasteiger partial charge in [0.05, 0.1) is 0 Å². The molecule has 0 aliphatic carbocycles. The van der Waals surface area contributed by atoms with E-state index in [0.717, 1.165) is 25.3 Å². The molecule has 0 fully saturated rings. The van der Waals surface area contributed by atoms with E-state index < -0.39 is 6.18 Å². The summed E-state index contributed by atoms with van der Waals surface area (Å²) < 4.78 is 34.5. The van der Waals surface area contributed by atoms with Gasteiger partial charge in [-0.1, -0.05) is 38.0 Å². The summed E-state index contributed by atoms with van der Waals surface area (Å²) in [4.78, 5) is 0. The molecule has 0 atom stereocenters. The predicted octanol–water partition coefficient (Wildman–Crippen LogP) is 3.85. The highest BCUT2D eigenvalue weighted by atomic mass is 19.4. The zero-order valence-corrected chi connectivity index (χ0v) is 7.06. The molecule has 0 aliphatic rings. The van der Waals surface area contributed by atoms with Crippen LogP contribution in [0.2, 0.25) is 0 Å². The molecule has 0 aromatic heterocycles. The molecule has 0 aliphatic heterocycles. The molecule has 0 N–H and O–H groups in total. The predicted molar refractivity (Wildman–Crippen MR) is 43.9 cm³/mol. The van der Waals surface area contributed by atoms with Crippen LogP contribution in [-0.4, -0.2) is 6.18 Å². The number of hydrogen-bond acceptors (Lipinski definition) is 0. The minimum atomic E-state index is -4.19. The van der Waals surface area contributed by atoms with Gasteiger partial charge in [0.25, 0.3) is 0 Å². The van der Waals surface area contributed by atoms with Gasteiger partial charge in [0, 0.05) is 6.08 Å². The smallest absolute Gasteiger partial charge is 0.167 e. The van der Waals surface area contributed by atoms with Crippen molar-refractivity contribution in [2.45, 2.75) is 32.4 Å². The Labute approximate surface area is 70.8 Å². The molecule has 0 saturated carbocycles. The van der Waals surface area contributed by atoms with E-state index in [2.05, 4.69) is 0 Å². The van der Waals surface area contributed by atoms with Crippen LogP contribution in [0.4, 0.5) is 13.2 Å². The summed E-state index contributed by atoms with van der Waals surface area (Å²) in [5, 5.41) is 0. The Bertz CT molecular complexity index is 154. The van der Waals surface area contributed by atoms with E-state index in [0.29, 0.717) is 0 Å². The lowest BCUT2D eigenvalue weighted by atomic mass is 10.2. The molecule has 0 rings (SSSR count). The van der Waals surface area contributed by atoms with Gasteiger partial charge in [-0.2, -0.15) is 13.2 Å². The Hall–Kier alpha value is -0.730. The summed E-state index contributed by atoms with van der Waals surface area (Å²) in [7, 11) is 0. The van der Waals surface area contributed by atoms with E-state index in [1.807, 2.05) is 6.92 Å². The van der Waals surface area contributed by atoms with Crippen molar-refractivity contribution >= 4 is 0 Å². The summed E-state index contributed by atoms with van der Waals surface area (Å²) in [5.74, 6) is 0. The van der Waals surface area contributed by atoms with Crippen LogP contribution in [0.5, 0.6) is 0 Å². The molecule has 3 heteroatoms. The third-order valence-electron chi connectivity index (χ3n) is 1.26. The molecule has 0 amide bonds. The maximum atomic E-state index is 11.5.